The van der Waals surface area contributed by atoms with Crippen LogP contribution < -0.4 is 5.32 Å². The van der Waals surface area contributed by atoms with Gasteiger partial charge < -0.3 is 5.32 Å². The van der Waals surface area contributed by atoms with E-state index in [1.54, 1.807) is 4.68 Å². The van der Waals surface area contributed by atoms with E-state index in [0.29, 0.717) is 0 Å². The van der Waals surface area contributed by atoms with Crippen molar-refractivity contribution >= 4 is 5.82 Å². The molecule has 0 amide bonds. The summed E-state index contributed by atoms with van der Waals surface area (Å²) in [6.45, 7) is 7.20. The molecule has 90 valence electrons. The molecule has 0 fully saturated rings. The van der Waals surface area contributed by atoms with Gasteiger partial charge in [0.2, 0.25) is 0 Å². The molecule has 4 nitrogen and oxygen atoms in total. The lowest BCUT2D eigenvalue weighted by atomic mass is 10.0. The van der Waals surface area contributed by atoms with Crippen molar-refractivity contribution < 1.29 is 0 Å². The van der Waals surface area contributed by atoms with E-state index < -0.39 is 0 Å². The van der Waals surface area contributed by atoms with Gasteiger partial charge in [0.05, 0.1) is 6.20 Å². The first-order valence-corrected chi connectivity index (χ1v) is 5.73. The predicted octanol–water partition coefficient (Wildman–Crippen LogP) is 2.35. The van der Waals surface area contributed by atoms with Gasteiger partial charge in [-0.2, -0.15) is 0 Å². The van der Waals surface area contributed by atoms with Gasteiger partial charge in [0.25, 0.3) is 0 Å². The van der Waals surface area contributed by atoms with Gasteiger partial charge in [-0.3, -0.25) is 4.68 Å². The van der Waals surface area contributed by atoms with Crippen molar-refractivity contribution in [2.75, 3.05) is 5.32 Å². The van der Waals surface area contributed by atoms with Gasteiger partial charge >= 0.3 is 0 Å². The fourth-order valence-corrected chi connectivity index (χ4v) is 1.82. The summed E-state index contributed by atoms with van der Waals surface area (Å²) in [6.07, 6.45) is 1.87. The molecular weight excluding hydrogens is 212 g/mol. The number of hydrogen-bond donors (Lipinski definition) is 1. The van der Waals surface area contributed by atoms with E-state index in [2.05, 4.69) is 48.5 Å². The van der Waals surface area contributed by atoms with Gasteiger partial charge in [0.1, 0.15) is 0 Å². The number of aryl methyl sites for hydroxylation is 4. The first-order valence-electron chi connectivity index (χ1n) is 5.73. The van der Waals surface area contributed by atoms with Crippen LogP contribution in [-0.4, -0.2) is 15.0 Å². The minimum atomic E-state index is 0.783. The highest BCUT2D eigenvalue weighted by atomic mass is 15.4. The van der Waals surface area contributed by atoms with Crippen LogP contribution in [0.1, 0.15) is 22.3 Å². The van der Waals surface area contributed by atoms with E-state index in [1.807, 2.05) is 13.2 Å². The summed E-state index contributed by atoms with van der Waals surface area (Å²) in [5.74, 6) is 0.810. The van der Waals surface area contributed by atoms with E-state index in [4.69, 9.17) is 0 Å². The smallest absolute Gasteiger partial charge is 0.168 e. The molecule has 0 bridgehead atoms. The van der Waals surface area contributed by atoms with E-state index in [0.717, 1.165) is 12.4 Å². The molecule has 0 saturated heterocycles. The molecule has 2 rings (SSSR count). The Morgan fingerprint density at radius 2 is 1.82 bits per heavy atom. The molecule has 0 aliphatic heterocycles. The molecule has 4 heteroatoms. The summed E-state index contributed by atoms with van der Waals surface area (Å²) in [5.41, 5.74) is 5.28. The lowest BCUT2D eigenvalue weighted by Gasteiger charge is -2.10. The first kappa shape index (κ1) is 11.6. The fraction of sp³-hybridized carbons (Fsp3) is 0.385. The number of nitrogens with one attached hydrogen (secondary N) is 1. The molecule has 0 aliphatic carbocycles. The Balaban J connectivity index is 2.11. The number of benzene rings is 1. The lowest BCUT2D eigenvalue weighted by Crippen LogP contribution is -2.02. The third-order valence-electron chi connectivity index (χ3n) is 3.01. The van der Waals surface area contributed by atoms with Crippen molar-refractivity contribution in [3.05, 3.63) is 40.6 Å². The van der Waals surface area contributed by atoms with E-state index in [9.17, 15) is 0 Å². The van der Waals surface area contributed by atoms with Gasteiger partial charge in [-0.25, -0.2) is 0 Å². The minimum Gasteiger partial charge on any atom is -0.363 e. The largest absolute Gasteiger partial charge is 0.363 e. The summed E-state index contributed by atoms with van der Waals surface area (Å²) in [7, 11) is 1.86. The Labute approximate surface area is 102 Å². The second-order valence-corrected chi connectivity index (χ2v) is 4.49. The topological polar surface area (TPSA) is 42.7 Å². The van der Waals surface area contributed by atoms with E-state index in [-0.39, 0.29) is 0 Å². The van der Waals surface area contributed by atoms with Crippen LogP contribution in [0.3, 0.4) is 0 Å². The summed E-state index contributed by atoms with van der Waals surface area (Å²) in [5, 5.41) is 11.2. The molecular formula is C13H18N4. The van der Waals surface area contributed by atoms with Crippen molar-refractivity contribution in [3.8, 4) is 0 Å². The maximum Gasteiger partial charge on any atom is 0.168 e. The number of hydrogen-bond acceptors (Lipinski definition) is 3. The molecule has 1 heterocycles. The average molecular weight is 230 g/mol. The summed E-state index contributed by atoms with van der Waals surface area (Å²) < 4.78 is 1.69. The molecule has 17 heavy (non-hydrogen) atoms. The molecule has 0 radical (unpaired) electrons. The quantitative estimate of drug-likeness (QED) is 0.880. The Kier molecular flexibility index (Phi) is 3.13. The van der Waals surface area contributed by atoms with Gasteiger partial charge in [-0.05, 0) is 43.0 Å². The Bertz CT molecular complexity index is 528. The van der Waals surface area contributed by atoms with Crippen molar-refractivity contribution in [1.82, 2.24) is 15.0 Å². The number of nitrogens with zero attached hydrogens (tertiary/aromatic N) is 3. The molecule has 0 aliphatic rings. The van der Waals surface area contributed by atoms with Gasteiger partial charge in [-0.15, -0.1) is 5.10 Å². The van der Waals surface area contributed by atoms with Crippen molar-refractivity contribution in [2.24, 2.45) is 7.05 Å². The summed E-state index contributed by atoms with van der Waals surface area (Å²) in [6, 6.07) is 4.46. The van der Waals surface area contributed by atoms with E-state index >= 15 is 0 Å². The Hall–Kier alpha value is -1.84. The van der Waals surface area contributed by atoms with Crippen LogP contribution in [0.4, 0.5) is 5.82 Å². The number of rotatable bonds is 3. The zero-order valence-corrected chi connectivity index (χ0v) is 10.8. The van der Waals surface area contributed by atoms with Crippen molar-refractivity contribution in [2.45, 2.75) is 27.3 Å². The SMILES string of the molecule is Cc1cc(C)c(CNc2cn(C)nn2)cc1C. The number of aromatic nitrogens is 3. The van der Waals surface area contributed by atoms with Crippen LogP contribution in [0.15, 0.2) is 18.3 Å². The zero-order chi connectivity index (χ0) is 12.4. The standard InChI is InChI=1S/C13H18N4/c1-9-5-11(3)12(6-10(9)2)7-14-13-8-17(4)16-15-13/h5-6,8,14H,7H2,1-4H3. The molecule has 0 spiro atoms. The maximum absolute atomic E-state index is 4.00. The predicted molar refractivity (Wildman–Crippen MR) is 69.0 cm³/mol. The van der Waals surface area contributed by atoms with Crippen LogP contribution in [0.2, 0.25) is 0 Å². The van der Waals surface area contributed by atoms with Crippen molar-refractivity contribution in [1.29, 1.82) is 0 Å². The Morgan fingerprint density at radius 3 is 2.47 bits per heavy atom. The third-order valence-corrected chi connectivity index (χ3v) is 3.01. The first-order chi connectivity index (χ1) is 8.06. The van der Waals surface area contributed by atoms with Crippen LogP contribution in [-0.2, 0) is 13.6 Å². The molecule has 1 aromatic heterocycles. The average Bonchev–Trinajstić information content (AvgIpc) is 2.68. The van der Waals surface area contributed by atoms with Gasteiger partial charge in [0.15, 0.2) is 5.82 Å². The molecule has 0 atom stereocenters. The van der Waals surface area contributed by atoms with Crippen LogP contribution in [0.5, 0.6) is 0 Å². The van der Waals surface area contributed by atoms with Crippen LogP contribution in [0, 0.1) is 20.8 Å². The molecule has 1 aromatic carbocycles. The maximum atomic E-state index is 4.00. The summed E-state index contributed by atoms with van der Waals surface area (Å²) in [4.78, 5) is 0. The fourth-order valence-electron chi connectivity index (χ4n) is 1.82. The molecule has 1 N–H and O–H groups in total. The Morgan fingerprint density at radius 1 is 1.12 bits per heavy atom. The minimum absolute atomic E-state index is 0.783. The van der Waals surface area contributed by atoms with Crippen molar-refractivity contribution in [3.63, 3.8) is 0 Å². The summed E-state index contributed by atoms with van der Waals surface area (Å²) >= 11 is 0. The third kappa shape index (κ3) is 2.64. The molecule has 2 aromatic rings. The highest BCUT2D eigenvalue weighted by Gasteiger charge is 2.03. The highest BCUT2D eigenvalue weighted by Crippen LogP contribution is 2.16. The zero-order valence-electron chi connectivity index (χ0n) is 10.8. The van der Waals surface area contributed by atoms with E-state index in [1.165, 1.54) is 22.3 Å². The molecule has 0 unspecified atom stereocenters. The normalized spacial score (nSPS) is 10.6. The van der Waals surface area contributed by atoms with Crippen LogP contribution >= 0.6 is 0 Å². The van der Waals surface area contributed by atoms with Gasteiger partial charge in [0, 0.05) is 13.6 Å². The lowest BCUT2D eigenvalue weighted by molar-refractivity contribution is 0.715. The van der Waals surface area contributed by atoms with Gasteiger partial charge in [-0.1, -0.05) is 17.3 Å². The number of anilines is 1. The highest BCUT2D eigenvalue weighted by molar-refractivity contribution is 5.39. The molecule has 0 saturated carbocycles. The second-order valence-electron chi connectivity index (χ2n) is 4.49. The van der Waals surface area contributed by atoms with Crippen LogP contribution in [0.25, 0.3) is 0 Å². The monoisotopic (exact) mass is 230 g/mol. The second kappa shape index (κ2) is 4.57.